The second-order valence-corrected chi connectivity index (χ2v) is 8.17. The number of carboxylic acids is 1. The van der Waals surface area contributed by atoms with Crippen LogP contribution < -0.4 is 4.72 Å². The number of nitrogens with one attached hydrogen (secondary N) is 1. The van der Waals surface area contributed by atoms with E-state index < -0.39 is 21.4 Å². The number of amides is 1. The third-order valence-corrected chi connectivity index (χ3v) is 5.97. The van der Waals surface area contributed by atoms with E-state index in [0.717, 1.165) is 0 Å². The van der Waals surface area contributed by atoms with Crippen LogP contribution in [0.25, 0.3) is 0 Å². The molecule has 1 unspecified atom stereocenters. The summed E-state index contributed by atoms with van der Waals surface area (Å²) in [5, 5.41) is 9.52. The number of likely N-dealkylation sites (tertiary alicyclic amines) is 1. The number of benzene rings is 1. The van der Waals surface area contributed by atoms with Gasteiger partial charge in [0.1, 0.15) is 5.41 Å². The first kappa shape index (κ1) is 20.3. The summed E-state index contributed by atoms with van der Waals surface area (Å²) < 4.78 is 31.7. The van der Waals surface area contributed by atoms with E-state index in [4.69, 9.17) is 4.74 Å². The molecule has 2 N–H and O–H groups in total. The molecule has 1 saturated heterocycles. The lowest BCUT2D eigenvalue weighted by atomic mass is 9.80. The van der Waals surface area contributed by atoms with Crippen LogP contribution in [-0.4, -0.2) is 63.7 Å². The Bertz CT molecular complexity index is 733. The van der Waals surface area contributed by atoms with E-state index >= 15 is 0 Å². The van der Waals surface area contributed by atoms with Crippen LogP contribution in [0.1, 0.15) is 19.3 Å². The minimum Gasteiger partial charge on any atom is -0.481 e. The zero-order valence-electron chi connectivity index (χ0n) is 14.7. The summed E-state index contributed by atoms with van der Waals surface area (Å²) in [5.74, 6) is -1.26. The molecule has 1 aromatic carbocycles. The largest absolute Gasteiger partial charge is 0.481 e. The lowest BCUT2D eigenvalue weighted by Gasteiger charge is -2.39. The van der Waals surface area contributed by atoms with Gasteiger partial charge in [0.05, 0.1) is 11.5 Å². The fourth-order valence-electron chi connectivity index (χ4n) is 3.11. The maximum atomic E-state index is 12.4. The van der Waals surface area contributed by atoms with Crippen LogP contribution >= 0.6 is 0 Å². The number of sulfonamides is 1. The van der Waals surface area contributed by atoms with Crippen LogP contribution in [-0.2, 0) is 24.3 Å². The van der Waals surface area contributed by atoms with Crippen molar-refractivity contribution in [3.8, 4) is 0 Å². The molecule has 2 rings (SSSR count). The highest BCUT2D eigenvalue weighted by Crippen LogP contribution is 2.31. The number of hydrogen-bond donors (Lipinski definition) is 2. The summed E-state index contributed by atoms with van der Waals surface area (Å²) in [6.45, 7) is 0.521. The predicted octanol–water partition coefficient (Wildman–Crippen LogP) is 0.695. The summed E-state index contributed by atoms with van der Waals surface area (Å²) in [6, 6.07) is 7.90. The first-order chi connectivity index (χ1) is 12.3. The van der Waals surface area contributed by atoms with Crippen molar-refractivity contribution in [3.63, 3.8) is 0 Å². The van der Waals surface area contributed by atoms with Crippen LogP contribution in [0.4, 0.5) is 0 Å². The second-order valence-electron chi connectivity index (χ2n) is 6.40. The molecule has 0 aliphatic carbocycles. The van der Waals surface area contributed by atoms with Gasteiger partial charge in [-0.05, 0) is 25.0 Å². The Balaban J connectivity index is 1.92. The zero-order chi connectivity index (χ0) is 19.2. The maximum absolute atomic E-state index is 12.4. The van der Waals surface area contributed by atoms with Crippen LogP contribution in [0.3, 0.4) is 0 Å². The van der Waals surface area contributed by atoms with E-state index in [1.807, 2.05) is 0 Å². The molecule has 144 valence electrons. The summed E-state index contributed by atoms with van der Waals surface area (Å²) >= 11 is 0. The molecule has 1 aliphatic rings. The lowest BCUT2D eigenvalue weighted by Crippen LogP contribution is -2.52. The standard InChI is InChI=1S/C17H24N2O6S/c1-25-13-17(16(21)22)9-5-11-19(12-17)15(20)8-10-18-26(23,24)14-6-3-2-4-7-14/h2-4,6-7,18H,5,8-13H2,1H3,(H,21,22). The van der Waals surface area contributed by atoms with Crippen molar-refractivity contribution in [2.75, 3.05) is 33.4 Å². The fourth-order valence-corrected chi connectivity index (χ4v) is 4.16. The van der Waals surface area contributed by atoms with Gasteiger partial charge in [-0.1, -0.05) is 18.2 Å². The number of ether oxygens (including phenoxy) is 1. The highest BCUT2D eigenvalue weighted by molar-refractivity contribution is 7.89. The predicted molar refractivity (Wildman–Crippen MR) is 94.0 cm³/mol. The Morgan fingerprint density at radius 1 is 1.31 bits per heavy atom. The molecule has 1 fully saturated rings. The SMILES string of the molecule is COCC1(C(=O)O)CCCN(C(=O)CCNS(=O)(=O)c2ccccc2)C1. The summed E-state index contributed by atoms with van der Waals surface area (Å²) in [7, 11) is -2.23. The molecular formula is C17H24N2O6S. The Kier molecular flexibility index (Phi) is 6.74. The molecular weight excluding hydrogens is 360 g/mol. The normalized spacial score (nSPS) is 20.7. The van der Waals surface area contributed by atoms with Crippen molar-refractivity contribution < 1.29 is 27.9 Å². The molecule has 0 saturated carbocycles. The average molecular weight is 384 g/mol. The Hall–Kier alpha value is -1.97. The van der Waals surface area contributed by atoms with Crippen molar-refractivity contribution in [1.29, 1.82) is 0 Å². The highest BCUT2D eigenvalue weighted by atomic mass is 32.2. The molecule has 9 heteroatoms. The number of carbonyl (C=O) groups excluding carboxylic acids is 1. The van der Waals surface area contributed by atoms with E-state index in [1.54, 1.807) is 18.2 Å². The van der Waals surface area contributed by atoms with Gasteiger partial charge in [0.15, 0.2) is 0 Å². The molecule has 8 nitrogen and oxygen atoms in total. The smallest absolute Gasteiger partial charge is 0.313 e. The number of aliphatic carboxylic acids is 1. The van der Waals surface area contributed by atoms with Gasteiger partial charge < -0.3 is 14.7 Å². The maximum Gasteiger partial charge on any atom is 0.313 e. The molecule has 0 radical (unpaired) electrons. The van der Waals surface area contributed by atoms with Crippen molar-refractivity contribution in [1.82, 2.24) is 9.62 Å². The Morgan fingerprint density at radius 3 is 2.62 bits per heavy atom. The number of nitrogens with zero attached hydrogens (tertiary/aromatic N) is 1. The number of piperidine rings is 1. The first-order valence-corrected chi connectivity index (χ1v) is 9.84. The molecule has 1 amide bonds. The summed E-state index contributed by atoms with van der Waals surface area (Å²) in [6.07, 6.45) is 0.979. The molecule has 26 heavy (non-hydrogen) atoms. The van der Waals surface area contributed by atoms with E-state index in [2.05, 4.69) is 4.72 Å². The van der Waals surface area contributed by atoms with Gasteiger partial charge in [-0.25, -0.2) is 13.1 Å². The molecule has 1 heterocycles. The highest BCUT2D eigenvalue weighted by Gasteiger charge is 2.43. The van der Waals surface area contributed by atoms with Crippen LogP contribution in [0.2, 0.25) is 0 Å². The number of carbonyl (C=O) groups is 2. The van der Waals surface area contributed by atoms with Crippen LogP contribution in [0.5, 0.6) is 0 Å². The summed E-state index contributed by atoms with van der Waals surface area (Å²) in [5.41, 5.74) is -1.10. The zero-order valence-corrected chi connectivity index (χ0v) is 15.5. The third-order valence-electron chi connectivity index (χ3n) is 4.49. The van der Waals surface area contributed by atoms with Crippen molar-refractivity contribution in [2.24, 2.45) is 5.41 Å². The van der Waals surface area contributed by atoms with Crippen molar-refractivity contribution >= 4 is 21.9 Å². The van der Waals surface area contributed by atoms with Crippen LogP contribution in [0, 0.1) is 5.41 Å². The first-order valence-electron chi connectivity index (χ1n) is 8.35. The van der Waals surface area contributed by atoms with Crippen molar-refractivity contribution in [2.45, 2.75) is 24.2 Å². The molecule has 1 aliphatic heterocycles. The molecule has 0 bridgehead atoms. The minimum absolute atomic E-state index is 0.0330. The van der Waals surface area contributed by atoms with Gasteiger partial charge in [-0.3, -0.25) is 9.59 Å². The Morgan fingerprint density at radius 2 is 2.00 bits per heavy atom. The monoisotopic (exact) mass is 384 g/mol. The molecule has 1 atom stereocenters. The number of hydrogen-bond acceptors (Lipinski definition) is 5. The molecule has 0 spiro atoms. The van der Waals surface area contributed by atoms with Gasteiger partial charge in [0.25, 0.3) is 0 Å². The summed E-state index contributed by atoms with van der Waals surface area (Å²) in [4.78, 5) is 25.6. The van der Waals surface area contributed by atoms with E-state index in [-0.39, 0.29) is 36.9 Å². The van der Waals surface area contributed by atoms with Gasteiger partial charge in [0, 0.05) is 33.2 Å². The number of methoxy groups -OCH3 is 1. The number of rotatable bonds is 8. The minimum atomic E-state index is -3.67. The second kappa shape index (κ2) is 8.61. The quantitative estimate of drug-likeness (QED) is 0.682. The molecule has 0 aromatic heterocycles. The average Bonchev–Trinajstić information content (AvgIpc) is 2.62. The van der Waals surface area contributed by atoms with Crippen molar-refractivity contribution in [3.05, 3.63) is 30.3 Å². The van der Waals surface area contributed by atoms with Gasteiger partial charge in [-0.15, -0.1) is 0 Å². The number of carboxylic acid groups (broad SMARTS) is 1. The van der Waals surface area contributed by atoms with E-state index in [9.17, 15) is 23.1 Å². The lowest BCUT2D eigenvalue weighted by molar-refractivity contribution is -0.159. The van der Waals surface area contributed by atoms with Crippen LogP contribution in [0.15, 0.2) is 35.2 Å². The van der Waals surface area contributed by atoms with Gasteiger partial charge in [0.2, 0.25) is 15.9 Å². The van der Waals surface area contributed by atoms with E-state index in [0.29, 0.717) is 19.4 Å². The molecule has 1 aromatic rings. The van der Waals surface area contributed by atoms with Gasteiger partial charge in [-0.2, -0.15) is 0 Å². The topological polar surface area (TPSA) is 113 Å². The fraction of sp³-hybridized carbons (Fsp3) is 0.529. The van der Waals surface area contributed by atoms with Gasteiger partial charge >= 0.3 is 5.97 Å². The van der Waals surface area contributed by atoms with E-state index in [1.165, 1.54) is 24.1 Å². The Labute approximate surface area is 153 Å². The third kappa shape index (κ3) is 4.80.